The van der Waals surface area contributed by atoms with Gasteiger partial charge < -0.3 is 5.32 Å². The van der Waals surface area contributed by atoms with Gasteiger partial charge in [0.05, 0.1) is 0 Å². The first-order chi connectivity index (χ1) is 10.2. The third-order valence-electron chi connectivity index (χ3n) is 4.38. The van der Waals surface area contributed by atoms with Gasteiger partial charge in [-0.15, -0.1) is 0 Å². The van der Waals surface area contributed by atoms with Crippen molar-refractivity contribution in [3.63, 3.8) is 0 Å². The molecule has 0 aromatic heterocycles. The fourth-order valence-electron chi connectivity index (χ4n) is 2.75. The van der Waals surface area contributed by atoms with Crippen molar-refractivity contribution >= 4 is 0 Å². The second-order valence-corrected chi connectivity index (χ2v) is 6.48. The highest BCUT2D eigenvalue weighted by atomic mass is 14.9. The van der Waals surface area contributed by atoms with E-state index in [2.05, 4.69) is 67.7 Å². The third-order valence-corrected chi connectivity index (χ3v) is 4.38. The first-order valence-corrected chi connectivity index (χ1v) is 8.06. The highest BCUT2D eigenvalue weighted by molar-refractivity contribution is 5.28. The van der Waals surface area contributed by atoms with E-state index in [1.807, 2.05) is 0 Å². The summed E-state index contributed by atoms with van der Waals surface area (Å²) in [4.78, 5) is 0. The van der Waals surface area contributed by atoms with Crippen LogP contribution in [0.4, 0.5) is 0 Å². The van der Waals surface area contributed by atoms with Gasteiger partial charge in [0.2, 0.25) is 0 Å². The molecule has 1 N–H and O–H groups in total. The average molecular weight is 279 g/mol. The van der Waals surface area contributed by atoms with Crippen LogP contribution in [0.2, 0.25) is 0 Å². The molecule has 0 aliphatic heterocycles. The van der Waals surface area contributed by atoms with Gasteiger partial charge in [-0.05, 0) is 44.2 Å². The van der Waals surface area contributed by atoms with Gasteiger partial charge in [0, 0.05) is 18.5 Å². The molecule has 1 nitrogen and oxygen atoms in total. The summed E-state index contributed by atoms with van der Waals surface area (Å²) in [5.41, 5.74) is 5.56. The summed E-state index contributed by atoms with van der Waals surface area (Å²) >= 11 is 0. The Hall–Kier alpha value is -1.60. The molecule has 1 aliphatic carbocycles. The highest BCUT2D eigenvalue weighted by Gasteiger charge is 2.22. The molecule has 1 heteroatoms. The molecule has 1 aliphatic rings. The van der Waals surface area contributed by atoms with Crippen molar-refractivity contribution < 1.29 is 0 Å². The number of benzene rings is 2. The number of aryl methyl sites for hydroxylation is 2. The summed E-state index contributed by atoms with van der Waals surface area (Å²) in [5, 5.41) is 3.70. The minimum Gasteiger partial charge on any atom is -0.313 e. The number of rotatable bonds is 6. The zero-order chi connectivity index (χ0) is 14.7. The Balaban J connectivity index is 1.73. The molecule has 0 heterocycles. The summed E-state index contributed by atoms with van der Waals surface area (Å²) in [5.74, 6) is 0.564. The van der Waals surface area contributed by atoms with Crippen molar-refractivity contribution in [1.29, 1.82) is 0 Å². The standard InChI is InChI=1S/C20H25N/c1-15-3-7-17(8-4-15)13-19(14-21-20-11-12-20)18-9-5-16(2)6-10-18/h3-10,19-21H,11-14H2,1-2H3. The van der Waals surface area contributed by atoms with E-state index in [4.69, 9.17) is 0 Å². The minimum absolute atomic E-state index is 0.564. The van der Waals surface area contributed by atoms with Crippen LogP contribution >= 0.6 is 0 Å². The highest BCUT2D eigenvalue weighted by Crippen LogP contribution is 2.24. The molecule has 0 amide bonds. The monoisotopic (exact) mass is 279 g/mol. The van der Waals surface area contributed by atoms with Crippen molar-refractivity contribution in [1.82, 2.24) is 5.32 Å². The first-order valence-electron chi connectivity index (χ1n) is 8.06. The smallest absolute Gasteiger partial charge is 0.00684 e. The third kappa shape index (κ3) is 4.18. The molecule has 0 spiro atoms. The number of nitrogens with one attached hydrogen (secondary N) is 1. The van der Waals surface area contributed by atoms with Crippen LogP contribution in [0.1, 0.15) is 41.0 Å². The SMILES string of the molecule is Cc1ccc(CC(CNC2CC2)c2ccc(C)cc2)cc1. The largest absolute Gasteiger partial charge is 0.313 e. The van der Waals surface area contributed by atoms with E-state index in [9.17, 15) is 0 Å². The fourth-order valence-corrected chi connectivity index (χ4v) is 2.75. The molecule has 110 valence electrons. The van der Waals surface area contributed by atoms with E-state index in [1.165, 1.54) is 35.1 Å². The lowest BCUT2D eigenvalue weighted by molar-refractivity contribution is 0.577. The second-order valence-electron chi connectivity index (χ2n) is 6.48. The molecule has 0 saturated heterocycles. The number of hydrogen-bond donors (Lipinski definition) is 1. The van der Waals surface area contributed by atoms with E-state index < -0.39 is 0 Å². The molecule has 1 fully saturated rings. The molecule has 0 bridgehead atoms. The summed E-state index contributed by atoms with van der Waals surface area (Å²) in [6, 6.07) is 18.8. The summed E-state index contributed by atoms with van der Waals surface area (Å²) in [6.07, 6.45) is 3.82. The van der Waals surface area contributed by atoms with E-state index in [0.29, 0.717) is 5.92 Å². The molecule has 2 aromatic carbocycles. The van der Waals surface area contributed by atoms with Gasteiger partial charge in [-0.2, -0.15) is 0 Å². The molecular weight excluding hydrogens is 254 g/mol. The quantitative estimate of drug-likeness (QED) is 0.827. The minimum atomic E-state index is 0.564. The van der Waals surface area contributed by atoms with Gasteiger partial charge in [-0.25, -0.2) is 0 Å². The Labute approximate surface area is 128 Å². The maximum atomic E-state index is 3.70. The summed E-state index contributed by atoms with van der Waals surface area (Å²) < 4.78 is 0. The Morgan fingerprint density at radius 1 is 0.905 bits per heavy atom. The normalized spacial score (nSPS) is 15.9. The average Bonchev–Trinajstić information content (AvgIpc) is 3.31. The molecule has 3 rings (SSSR count). The van der Waals surface area contributed by atoms with Crippen LogP contribution in [0, 0.1) is 13.8 Å². The predicted molar refractivity (Wildman–Crippen MR) is 89.8 cm³/mol. The summed E-state index contributed by atoms with van der Waals surface area (Å²) in [6.45, 7) is 5.39. The molecule has 1 saturated carbocycles. The topological polar surface area (TPSA) is 12.0 Å². The van der Waals surface area contributed by atoms with Gasteiger partial charge >= 0.3 is 0 Å². The second kappa shape index (κ2) is 6.44. The van der Waals surface area contributed by atoms with Crippen LogP contribution in [0.3, 0.4) is 0 Å². The van der Waals surface area contributed by atoms with Crippen molar-refractivity contribution in [3.05, 3.63) is 70.8 Å². The van der Waals surface area contributed by atoms with E-state index in [0.717, 1.165) is 19.0 Å². The van der Waals surface area contributed by atoms with Gasteiger partial charge in [-0.3, -0.25) is 0 Å². The molecule has 2 aromatic rings. The lowest BCUT2D eigenvalue weighted by atomic mass is 9.91. The molecule has 0 radical (unpaired) electrons. The van der Waals surface area contributed by atoms with Crippen molar-refractivity contribution in [2.24, 2.45) is 0 Å². The van der Waals surface area contributed by atoms with Crippen LogP contribution in [0.25, 0.3) is 0 Å². The Morgan fingerprint density at radius 2 is 1.48 bits per heavy atom. The molecular formula is C20H25N. The maximum absolute atomic E-state index is 3.70. The zero-order valence-corrected chi connectivity index (χ0v) is 13.1. The van der Waals surface area contributed by atoms with E-state index >= 15 is 0 Å². The Morgan fingerprint density at radius 3 is 2.05 bits per heavy atom. The molecule has 21 heavy (non-hydrogen) atoms. The van der Waals surface area contributed by atoms with Gasteiger partial charge in [0.15, 0.2) is 0 Å². The Kier molecular flexibility index (Phi) is 4.40. The van der Waals surface area contributed by atoms with Gasteiger partial charge in [0.1, 0.15) is 0 Å². The Bertz CT molecular complexity index is 564. The van der Waals surface area contributed by atoms with Crippen molar-refractivity contribution in [3.8, 4) is 0 Å². The van der Waals surface area contributed by atoms with Crippen LogP contribution < -0.4 is 5.32 Å². The fraction of sp³-hybridized carbons (Fsp3) is 0.400. The van der Waals surface area contributed by atoms with Crippen molar-refractivity contribution in [2.45, 2.75) is 45.1 Å². The van der Waals surface area contributed by atoms with Crippen LogP contribution in [-0.2, 0) is 6.42 Å². The molecule has 1 unspecified atom stereocenters. The van der Waals surface area contributed by atoms with Gasteiger partial charge in [-0.1, -0.05) is 59.7 Å². The number of hydrogen-bond acceptors (Lipinski definition) is 1. The maximum Gasteiger partial charge on any atom is 0.00684 e. The van der Waals surface area contributed by atoms with E-state index in [1.54, 1.807) is 0 Å². The molecule has 1 atom stereocenters. The zero-order valence-electron chi connectivity index (χ0n) is 13.1. The van der Waals surface area contributed by atoms with E-state index in [-0.39, 0.29) is 0 Å². The van der Waals surface area contributed by atoms with Crippen molar-refractivity contribution in [2.75, 3.05) is 6.54 Å². The predicted octanol–water partition coefficient (Wildman–Crippen LogP) is 4.38. The van der Waals surface area contributed by atoms with Crippen LogP contribution in [0.15, 0.2) is 48.5 Å². The summed E-state index contributed by atoms with van der Waals surface area (Å²) in [7, 11) is 0. The van der Waals surface area contributed by atoms with Crippen LogP contribution in [-0.4, -0.2) is 12.6 Å². The van der Waals surface area contributed by atoms with Gasteiger partial charge in [0.25, 0.3) is 0 Å². The van der Waals surface area contributed by atoms with Crippen LogP contribution in [0.5, 0.6) is 0 Å². The lowest BCUT2D eigenvalue weighted by Gasteiger charge is -2.19. The lowest BCUT2D eigenvalue weighted by Crippen LogP contribution is -2.24. The first kappa shape index (κ1) is 14.3.